The van der Waals surface area contributed by atoms with Gasteiger partial charge in [-0.1, -0.05) is 30.3 Å². The van der Waals surface area contributed by atoms with Gasteiger partial charge in [0, 0.05) is 29.9 Å². The van der Waals surface area contributed by atoms with Crippen LogP contribution < -0.4 is 27.4 Å². The van der Waals surface area contributed by atoms with Crippen molar-refractivity contribution >= 4 is 52.3 Å². The van der Waals surface area contributed by atoms with Crippen molar-refractivity contribution in [2.24, 2.45) is 11.5 Å². The SMILES string of the molecule is CSCCC(NC(=O)C(CCC(N)=O)NC(=O)C(Cc1c[nH]c2ccccc12)NC(=O)C(N)Cc1ccc(O)cc1)C(=O)O. The van der Waals surface area contributed by atoms with Gasteiger partial charge in [-0.05, 0) is 60.6 Å². The summed E-state index contributed by atoms with van der Waals surface area (Å²) in [4.78, 5) is 66.4. The van der Waals surface area contributed by atoms with Crippen LogP contribution in [0.3, 0.4) is 0 Å². The number of nitrogens with two attached hydrogens (primary N) is 2. The van der Waals surface area contributed by atoms with Gasteiger partial charge in [0.25, 0.3) is 0 Å². The van der Waals surface area contributed by atoms with Crippen LogP contribution in [0.15, 0.2) is 54.7 Å². The van der Waals surface area contributed by atoms with Crippen LogP contribution in [0.1, 0.15) is 30.4 Å². The van der Waals surface area contributed by atoms with Crippen molar-refractivity contribution in [3.8, 4) is 5.75 Å². The van der Waals surface area contributed by atoms with Crippen LogP contribution in [0.5, 0.6) is 5.75 Å². The third kappa shape index (κ3) is 10.0. The van der Waals surface area contributed by atoms with Gasteiger partial charge in [0.2, 0.25) is 23.6 Å². The van der Waals surface area contributed by atoms with E-state index in [-0.39, 0.29) is 37.9 Å². The number of rotatable bonds is 17. The summed E-state index contributed by atoms with van der Waals surface area (Å²) >= 11 is 1.41. The first-order chi connectivity index (χ1) is 21.0. The lowest BCUT2D eigenvalue weighted by atomic mass is 10.0. The Balaban J connectivity index is 1.83. The minimum atomic E-state index is -1.31. The summed E-state index contributed by atoms with van der Waals surface area (Å²) < 4.78 is 0. The normalized spacial score (nSPS) is 13.8. The molecule has 0 aliphatic heterocycles. The third-order valence-electron chi connectivity index (χ3n) is 7.00. The Morgan fingerprint density at radius 3 is 2.16 bits per heavy atom. The summed E-state index contributed by atoms with van der Waals surface area (Å²) in [5, 5.41) is 27.6. The molecule has 236 valence electrons. The molecular weight excluding hydrogens is 588 g/mol. The molecule has 1 aromatic heterocycles. The Kier molecular flexibility index (Phi) is 12.6. The van der Waals surface area contributed by atoms with Crippen molar-refractivity contribution in [2.45, 2.75) is 56.3 Å². The number of benzene rings is 2. The average molecular weight is 627 g/mol. The number of hydrogen-bond donors (Lipinski definition) is 8. The summed E-state index contributed by atoms with van der Waals surface area (Å²) in [5.41, 5.74) is 13.7. The molecule has 0 saturated carbocycles. The number of carbonyl (C=O) groups excluding carboxylic acids is 4. The van der Waals surface area contributed by atoms with Crippen molar-refractivity contribution < 1.29 is 34.2 Å². The number of carboxylic acid groups (broad SMARTS) is 1. The summed E-state index contributed by atoms with van der Waals surface area (Å²) in [5.74, 6) is -3.57. The topological polar surface area (TPSA) is 230 Å². The summed E-state index contributed by atoms with van der Waals surface area (Å²) in [6.07, 6.45) is 3.39. The Labute approximate surface area is 258 Å². The molecule has 0 aliphatic carbocycles. The van der Waals surface area contributed by atoms with Gasteiger partial charge in [0.1, 0.15) is 23.9 Å². The van der Waals surface area contributed by atoms with Crippen LogP contribution in [-0.2, 0) is 36.8 Å². The highest BCUT2D eigenvalue weighted by Crippen LogP contribution is 2.20. The van der Waals surface area contributed by atoms with E-state index in [0.717, 1.165) is 10.9 Å². The maximum Gasteiger partial charge on any atom is 0.326 e. The second-order valence-electron chi connectivity index (χ2n) is 10.3. The number of aromatic hydroxyl groups is 1. The molecule has 4 unspecified atom stereocenters. The van der Waals surface area contributed by atoms with Crippen molar-refractivity contribution in [1.29, 1.82) is 0 Å². The highest BCUT2D eigenvalue weighted by molar-refractivity contribution is 7.98. The molecule has 3 aromatic rings. The third-order valence-corrected chi connectivity index (χ3v) is 7.64. The van der Waals surface area contributed by atoms with Gasteiger partial charge < -0.3 is 42.6 Å². The first kappa shape index (κ1) is 33.9. The Morgan fingerprint density at radius 1 is 0.864 bits per heavy atom. The first-order valence-electron chi connectivity index (χ1n) is 14.0. The van der Waals surface area contributed by atoms with Crippen LogP contribution in [0.4, 0.5) is 0 Å². The van der Waals surface area contributed by atoms with Crippen LogP contribution in [0, 0.1) is 0 Å². The summed E-state index contributed by atoms with van der Waals surface area (Å²) in [6.45, 7) is 0. The van der Waals surface area contributed by atoms with E-state index in [4.69, 9.17) is 11.5 Å². The van der Waals surface area contributed by atoms with Crippen molar-refractivity contribution in [2.75, 3.05) is 12.0 Å². The molecule has 14 heteroatoms. The number of thioether (sulfide) groups is 1. The maximum atomic E-state index is 13.7. The van der Waals surface area contributed by atoms with Gasteiger partial charge in [0.05, 0.1) is 6.04 Å². The van der Waals surface area contributed by atoms with E-state index in [1.165, 1.54) is 23.9 Å². The fourth-order valence-corrected chi connectivity index (χ4v) is 5.05. The lowest BCUT2D eigenvalue weighted by Gasteiger charge is -2.25. The molecule has 0 radical (unpaired) electrons. The monoisotopic (exact) mass is 626 g/mol. The number of aromatic nitrogens is 1. The maximum absolute atomic E-state index is 13.7. The van der Waals surface area contributed by atoms with Gasteiger partial charge in [-0.15, -0.1) is 0 Å². The number of hydrogen-bond acceptors (Lipinski definition) is 8. The van der Waals surface area contributed by atoms with E-state index in [0.29, 0.717) is 16.9 Å². The number of aromatic amines is 1. The number of primary amides is 1. The quantitative estimate of drug-likeness (QED) is 0.104. The Morgan fingerprint density at radius 2 is 1.50 bits per heavy atom. The molecule has 10 N–H and O–H groups in total. The molecule has 44 heavy (non-hydrogen) atoms. The number of carbonyl (C=O) groups is 5. The van der Waals surface area contributed by atoms with E-state index >= 15 is 0 Å². The molecule has 13 nitrogen and oxygen atoms in total. The van der Waals surface area contributed by atoms with Gasteiger partial charge in [0.15, 0.2) is 0 Å². The molecule has 4 atom stereocenters. The van der Waals surface area contributed by atoms with Crippen LogP contribution in [-0.4, -0.2) is 81.0 Å². The zero-order chi connectivity index (χ0) is 32.2. The van der Waals surface area contributed by atoms with Gasteiger partial charge in [-0.3, -0.25) is 19.2 Å². The van der Waals surface area contributed by atoms with Gasteiger partial charge in [-0.2, -0.15) is 11.8 Å². The Hall–Kier alpha value is -4.56. The molecule has 4 amide bonds. The number of nitrogens with one attached hydrogen (secondary N) is 4. The number of phenolic OH excluding ortho intramolecular Hbond substituents is 1. The van der Waals surface area contributed by atoms with Crippen LogP contribution in [0.25, 0.3) is 10.9 Å². The first-order valence-corrected chi connectivity index (χ1v) is 15.4. The smallest absolute Gasteiger partial charge is 0.326 e. The molecule has 0 saturated heterocycles. The number of para-hydroxylation sites is 1. The summed E-state index contributed by atoms with van der Waals surface area (Å²) in [6, 6.07) is 8.86. The average Bonchev–Trinajstić information content (AvgIpc) is 3.40. The van der Waals surface area contributed by atoms with E-state index in [1.807, 2.05) is 24.3 Å². The molecule has 3 rings (SSSR count). The highest BCUT2D eigenvalue weighted by atomic mass is 32.2. The van der Waals surface area contributed by atoms with Crippen molar-refractivity contribution in [3.05, 3.63) is 65.9 Å². The predicted molar refractivity (Wildman–Crippen MR) is 167 cm³/mol. The molecular formula is C30H38N6O7S. The fraction of sp³-hybridized carbons (Fsp3) is 0.367. The summed E-state index contributed by atoms with van der Waals surface area (Å²) in [7, 11) is 0. The number of carboxylic acids is 1. The van der Waals surface area contributed by atoms with E-state index in [9.17, 15) is 34.2 Å². The number of phenols is 1. The van der Waals surface area contributed by atoms with Gasteiger partial charge in [-0.25, -0.2) is 4.79 Å². The minimum Gasteiger partial charge on any atom is -0.508 e. The Bertz CT molecular complexity index is 1460. The molecule has 0 spiro atoms. The number of fused-ring (bicyclic) bond motifs is 1. The van der Waals surface area contributed by atoms with E-state index in [1.54, 1.807) is 24.6 Å². The molecule has 0 fully saturated rings. The predicted octanol–water partition coefficient (Wildman–Crippen LogP) is 0.544. The van der Waals surface area contributed by atoms with Crippen molar-refractivity contribution in [1.82, 2.24) is 20.9 Å². The van der Waals surface area contributed by atoms with E-state index < -0.39 is 53.8 Å². The second kappa shape index (κ2) is 16.3. The zero-order valence-corrected chi connectivity index (χ0v) is 25.1. The minimum absolute atomic E-state index is 0.0309. The molecule has 0 bridgehead atoms. The second-order valence-corrected chi connectivity index (χ2v) is 11.3. The molecule has 0 aliphatic rings. The fourth-order valence-electron chi connectivity index (χ4n) is 4.58. The number of amides is 4. The lowest BCUT2D eigenvalue weighted by molar-refractivity contribution is -0.142. The molecule has 2 aromatic carbocycles. The van der Waals surface area contributed by atoms with Crippen molar-refractivity contribution in [3.63, 3.8) is 0 Å². The van der Waals surface area contributed by atoms with Crippen LogP contribution in [0.2, 0.25) is 0 Å². The number of aliphatic carboxylic acids is 1. The van der Waals surface area contributed by atoms with Gasteiger partial charge >= 0.3 is 5.97 Å². The molecule has 1 heterocycles. The zero-order valence-electron chi connectivity index (χ0n) is 24.2. The lowest BCUT2D eigenvalue weighted by Crippen LogP contribution is -2.58. The largest absolute Gasteiger partial charge is 0.508 e. The standard InChI is InChI=1S/C30H38N6O7S/c1-44-13-12-24(30(42)43)35-28(40)23(10-11-26(32)38)34-29(41)25(15-18-16-33-22-5-3-2-4-20(18)22)36-27(39)21(31)14-17-6-8-19(37)9-7-17/h2-9,16,21,23-25,33,37H,10-15,31H2,1H3,(H2,32,38)(H,34,41)(H,35,40)(H,36,39)(H,42,43). The highest BCUT2D eigenvalue weighted by Gasteiger charge is 2.31. The van der Waals surface area contributed by atoms with E-state index in [2.05, 4.69) is 20.9 Å². The number of H-pyrrole nitrogens is 1. The van der Waals surface area contributed by atoms with Crippen LogP contribution >= 0.6 is 11.8 Å².